The van der Waals surface area contributed by atoms with Crippen molar-refractivity contribution in [2.45, 2.75) is 39.3 Å². The lowest BCUT2D eigenvalue weighted by molar-refractivity contribution is 0.696. The average Bonchev–Trinajstić information content (AvgIpc) is 2.54. The fraction of sp³-hybridized carbons (Fsp3) is 0.316. The van der Waals surface area contributed by atoms with E-state index in [1.807, 2.05) is 24.3 Å². The topological polar surface area (TPSA) is 24.1 Å². The molecule has 0 heterocycles. The van der Waals surface area contributed by atoms with E-state index in [9.17, 15) is 0 Å². The molecule has 0 spiro atoms. The molecule has 4 heteroatoms. The molecule has 122 valence electrons. The number of hydrogen-bond donors (Lipinski definition) is 2. The standard InChI is InChI=1S/C19H23ClN2S/c1-13(2)16-6-8-17(9-7-16)14(3)22-19(23)21-12-15-4-10-18(20)11-5-15/h4-11,13-14H,12H2,1-3H3,(H2,21,22,23). The fourth-order valence-corrected chi connectivity index (χ4v) is 2.66. The molecule has 0 aromatic heterocycles. The minimum absolute atomic E-state index is 0.168. The Morgan fingerprint density at radius 2 is 1.52 bits per heavy atom. The van der Waals surface area contributed by atoms with Crippen molar-refractivity contribution in [3.05, 3.63) is 70.2 Å². The first-order valence-electron chi connectivity index (χ1n) is 7.84. The maximum Gasteiger partial charge on any atom is 0.167 e. The summed E-state index contributed by atoms with van der Waals surface area (Å²) in [5, 5.41) is 7.94. The molecule has 2 aromatic rings. The molecule has 1 atom stereocenters. The Morgan fingerprint density at radius 3 is 2.09 bits per heavy atom. The van der Waals surface area contributed by atoms with Crippen LogP contribution in [-0.2, 0) is 6.54 Å². The Balaban J connectivity index is 1.85. The minimum Gasteiger partial charge on any atom is -0.359 e. The lowest BCUT2D eigenvalue weighted by Gasteiger charge is -2.18. The smallest absolute Gasteiger partial charge is 0.167 e. The summed E-state index contributed by atoms with van der Waals surface area (Å²) < 4.78 is 0. The van der Waals surface area contributed by atoms with Gasteiger partial charge in [0.05, 0.1) is 6.04 Å². The third-order valence-corrected chi connectivity index (χ3v) is 4.33. The summed E-state index contributed by atoms with van der Waals surface area (Å²) in [4.78, 5) is 0. The average molecular weight is 347 g/mol. The Labute approximate surface area is 149 Å². The molecule has 0 fully saturated rings. The monoisotopic (exact) mass is 346 g/mol. The lowest BCUT2D eigenvalue weighted by atomic mass is 10.00. The zero-order valence-corrected chi connectivity index (χ0v) is 15.3. The Hall–Kier alpha value is -1.58. The summed E-state index contributed by atoms with van der Waals surface area (Å²) in [6, 6.07) is 16.6. The molecule has 0 saturated heterocycles. The summed E-state index contributed by atoms with van der Waals surface area (Å²) in [5.41, 5.74) is 3.72. The highest BCUT2D eigenvalue weighted by atomic mass is 35.5. The van der Waals surface area contributed by atoms with Gasteiger partial charge in [0, 0.05) is 11.6 Å². The number of halogens is 1. The van der Waals surface area contributed by atoms with Crippen LogP contribution in [0.4, 0.5) is 0 Å². The zero-order valence-electron chi connectivity index (χ0n) is 13.8. The van der Waals surface area contributed by atoms with Crippen molar-refractivity contribution >= 4 is 28.9 Å². The van der Waals surface area contributed by atoms with Gasteiger partial charge in [-0.3, -0.25) is 0 Å². The predicted octanol–water partition coefficient (Wildman–Crippen LogP) is 5.19. The summed E-state index contributed by atoms with van der Waals surface area (Å²) in [5.74, 6) is 0.550. The van der Waals surface area contributed by atoms with Crippen molar-refractivity contribution in [1.82, 2.24) is 10.6 Å². The van der Waals surface area contributed by atoms with E-state index in [4.69, 9.17) is 23.8 Å². The molecule has 1 unspecified atom stereocenters. The second-order valence-electron chi connectivity index (χ2n) is 6.00. The van der Waals surface area contributed by atoms with Crippen LogP contribution < -0.4 is 10.6 Å². The van der Waals surface area contributed by atoms with E-state index in [-0.39, 0.29) is 6.04 Å². The van der Waals surface area contributed by atoms with Crippen LogP contribution in [0.1, 0.15) is 49.4 Å². The van der Waals surface area contributed by atoms with Gasteiger partial charge < -0.3 is 10.6 Å². The van der Waals surface area contributed by atoms with Crippen molar-refractivity contribution in [1.29, 1.82) is 0 Å². The summed E-state index contributed by atoms with van der Waals surface area (Å²) in [6.45, 7) is 7.20. The second kappa shape index (κ2) is 8.32. The maximum absolute atomic E-state index is 5.88. The minimum atomic E-state index is 0.168. The van der Waals surface area contributed by atoms with Gasteiger partial charge in [0.1, 0.15) is 0 Å². The number of nitrogens with one attached hydrogen (secondary N) is 2. The lowest BCUT2D eigenvalue weighted by Crippen LogP contribution is -2.36. The molecule has 23 heavy (non-hydrogen) atoms. The third-order valence-electron chi connectivity index (χ3n) is 3.82. The molecule has 2 aromatic carbocycles. The highest BCUT2D eigenvalue weighted by Gasteiger charge is 2.07. The Kier molecular flexibility index (Phi) is 6.43. The van der Waals surface area contributed by atoms with Crippen LogP contribution >= 0.6 is 23.8 Å². The Bertz CT molecular complexity index is 635. The van der Waals surface area contributed by atoms with Crippen LogP contribution in [0, 0.1) is 0 Å². The second-order valence-corrected chi connectivity index (χ2v) is 6.84. The van der Waals surface area contributed by atoms with Crippen LogP contribution in [-0.4, -0.2) is 5.11 Å². The van der Waals surface area contributed by atoms with Gasteiger partial charge in [-0.15, -0.1) is 0 Å². The highest BCUT2D eigenvalue weighted by Crippen LogP contribution is 2.18. The van der Waals surface area contributed by atoms with Crippen molar-refractivity contribution in [3.63, 3.8) is 0 Å². The first-order valence-corrected chi connectivity index (χ1v) is 8.63. The van der Waals surface area contributed by atoms with Gasteiger partial charge in [0.15, 0.2) is 5.11 Å². The molecule has 0 amide bonds. The summed E-state index contributed by atoms with van der Waals surface area (Å²) in [7, 11) is 0. The van der Waals surface area contributed by atoms with Crippen LogP contribution in [0.5, 0.6) is 0 Å². The fourth-order valence-electron chi connectivity index (χ4n) is 2.29. The molecule has 0 radical (unpaired) electrons. The number of benzene rings is 2. The maximum atomic E-state index is 5.88. The SMILES string of the molecule is CC(C)c1ccc(C(C)NC(=S)NCc2ccc(Cl)cc2)cc1. The van der Waals surface area contributed by atoms with Gasteiger partial charge in [-0.1, -0.05) is 61.8 Å². The van der Waals surface area contributed by atoms with Crippen LogP contribution in [0.3, 0.4) is 0 Å². The zero-order chi connectivity index (χ0) is 16.8. The number of rotatable bonds is 5. The van der Waals surface area contributed by atoms with Crippen molar-refractivity contribution in [2.75, 3.05) is 0 Å². The summed E-state index contributed by atoms with van der Waals surface area (Å²) >= 11 is 11.3. The molecule has 0 aliphatic heterocycles. The quantitative estimate of drug-likeness (QED) is 0.728. The van der Waals surface area contributed by atoms with E-state index in [1.54, 1.807) is 0 Å². The summed E-state index contributed by atoms with van der Waals surface area (Å²) in [6.07, 6.45) is 0. The molecule has 0 saturated carbocycles. The van der Waals surface area contributed by atoms with Gasteiger partial charge in [0.25, 0.3) is 0 Å². The van der Waals surface area contributed by atoms with Gasteiger partial charge in [0.2, 0.25) is 0 Å². The number of hydrogen-bond acceptors (Lipinski definition) is 1. The van der Waals surface area contributed by atoms with Gasteiger partial charge in [-0.2, -0.15) is 0 Å². The van der Waals surface area contributed by atoms with Crippen LogP contribution in [0.2, 0.25) is 5.02 Å². The largest absolute Gasteiger partial charge is 0.359 e. The van der Waals surface area contributed by atoms with Crippen LogP contribution in [0.25, 0.3) is 0 Å². The molecular weight excluding hydrogens is 324 g/mol. The third kappa shape index (κ3) is 5.52. The van der Waals surface area contributed by atoms with E-state index < -0.39 is 0 Å². The van der Waals surface area contributed by atoms with E-state index in [0.29, 0.717) is 17.6 Å². The highest BCUT2D eigenvalue weighted by molar-refractivity contribution is 7.80. The molecular formula is C19H23ClN2S. The predicted molar refractivity (Wildman–Crippen MR) is 103 cm³/mol. The van der Waals surface area contributed by atoms with Gasteiger partial charge >= 0.3 is 0 Å². The first kappa shape index (κ1) is 17.8. The Morgan fingerprint density at radius 1 is 0.957 bits per heavy atom. The van der Waals surface area contributed by atoms with Gasteiger partial charge in [-0.05, 0) is 53.9 Å². The molecule has 0 aliphatic rings. The van der Waals surface area contributed by atoms with Gasteiger partial charge in [-0.25, -0.2) is 0 Å². The van der Waals surface area contributed by atoms with Crippen molar-refractivity contribution in [3.8, 4) is 0 Å². The van der Waals surface area contributed by atoms with Crippen LogP contribution in [0.15, 0.2) is 48.5 Å². The van der Waals surface area contributed by atoms with Crippen molar-refractivity contribution < 1.29 is 0 Å². The molecule has 2 N–H and O–H groups in total. The number of thiocarbonyl (C=S) groups is 1. The normalized spacial score (nSPS) is 12.0. The van der Waals surface area contributed by atoms with E-state index in [2.05, 4.69) is 55.7 Å². The molecule has 2 rings (SSSR count). The first-order chi connectivity index (χ1) is 11.0. The molecule has 2 nitrogen and oxygen atoms in total. The van der Waals surface area contributed by atoms with E-state index in [0.717, 1.165) is 10.6 Å². The van der Waals surface area contributed by atoms with E-state index >= 15 is 0 Å². The van der Waals surface area contributed by atoms with E-state index in [1.165, 1.54) is 11.1 Å². The molecule has 0 bridgehead atoms. The van der Waals surface area contributed by atoms with Crippen molar-refractivity contribution in [2.24, 2.45) is 0 Å². The molecule has 0 aliphatic carbocycles.